The Morgan fingerprint density at radius 1 is 1.11 bits per heavy atom. The van der Waals surface area contributed by atoms with Gasteiger partial charge in [-0.1, -0.05) is 47.7 Å². The van der Waals surface area contributed by atoms with E-state index in [0.29, 0.717) is 24.8 Å². The number of aromatic nitrogens is 1. The second kappa shape index (κ2) is 9.88. The van der Waals surface area contributed by atoms with Gasteiger partial charge in [0.2, 0.25) is 11.8 Å². The third kappa shape index (κ3) is 4.91. The predicted molar refractivity (Wildman–Crippen MR) is 140 cm³/mol. The highest BCUT2D eigenvalue weighted by molar-refractivity contribution is 7.22. The molecule has 1 aliphatic heterocycles. The Balaban J connectivity index is 1.42. The largest absolute Gasteiger partial charge is 0.494 e. The first-order valence-electron chi connectivity index (χ1n) is 11.8. The molecule has 35 heavy (non-hydrogen) atoms. The van der Waals surface area contributed by atoms with Crippen LogP contribution < -0.4 is 14.5 Å². The van der Waals surface area contributed by atoms with E-state index in [2.05, 4.69) is 6.07 Å². The summed E-state index contributed by atoms with van der Waals surface area (Å²) in [7, 11) is 0. The lowest BCUT2D eigenvalue weighted by atomic mass is 10.1. The molecule has 178 valence electrons. The van der Waals surface area contributed by atoms with Crippen molar-refractivity contribution in [3.8, 4) is 5.75 Å². The number of aryl methyl sites for hydroxylation is 1. The van der Waals surface area contributed by atoms with Crippen molar-refractivity contribution in [3.63, 3.8) is 0 Å². The van der Waals surface area contributed by atoms with Gasteiger partial charge in [0.25, 0.3) is 0 Å². The Morgan fingerprint density at radius 3 is 2.63 bits per heavy atom. The summed E-state index contributed by atoms with van der Waals surface area (Å²) in [5, 5.41) is 0.659. The number of anilines is 2. The molecule has 2 heterocycles. The van der Waals surface area contributed by atoms with Crippen LogP contribution in [-0.4, -0.2) is 29.9 Å². The van der Waals surface area contributed by atoms with Crippen LogP contribution in [0.5, 0.6) is 5.75 Å². The summed E-state index contributed by atoms with van der Waals surface area (Å²) in [5.74, 6) is 0.195. The van der Waals surface area contributed by atoms with E-state index in [0.717, 1.165) is 32.8 Å². The predicted octanol–water partition coefficient (Wildman–Crippen LogP) is 5.59. The zero-order chi connectivity index (χ0) is 24.4. The molecule has 1 atom stereocenters. The quantitative estimate of drug-likeness (QED) is 0.342. The minimum Gasteiger partial charge on any atom is -0.494 e. The standard InChI is InChI=1S/C28H27N3O3S/c1-3-34-23-12-10-22(11-13-23)30-18-21(16-26(30)32)27(33)31(17-20-7-5-4-6-8-20)28-29-24-14-9-19(2)15-25(24)35-28/h4-15,21H,3,16-18H2,1-2H3/t21-/m1/s1. The Bertz CT molecular complexity index is 1350. The fraction of sp³-hybridized carbons (Fsp3) is 0.250. The van der Waals surface area contributed by atoms with Crippen molar-refractivity contribution in [1.82, 2.24) is 4.98 Å². The zero-order valence-corrected chi connectivity index (χ0v) is 20.6. The van der Waals surface area contributed by atoms with Gasteiger partial charge >= 0.3 is 0 Å². The molecule has 5 rings (SSSR count). The van der Waals surface area contributed by atoms with Gasteiger partial charge < -0.3 is 9.64 Å². The molecule has 1 saturated heterocycles. The molecule has 3 aromatic carbocycles. The van der Waals surface area contributed by atoms with Crippen LogP contribution in [0.2, 0.25) is 0 Å². The molecule has 0 aliphatic carbocycles. The summed E-state index contributed by atoms with van der Waals surface area (Å²) in [4.78, 5) is 35.0. The number of ether oxygens (including phenoxy) is 1. The molecule has 0 saturated carbocycles. The third-order valence-corrected chi connectivity index (χ3v) is 7.19. The van der Waals surface area contributed by atoms with Crippen molar-refractivity contribution in [2.24, 2.45) is 5.92 Å². The first-order valence-corrected chi connectivity index (χ1v) is 12.6. The number of thiazole rings is 1. The Morgan fingerprint density at radius 2 is 1.89 bits per heavy atom. The van der Waals surface area contributed by atoms with Gasteiger partial charge in [-0.05, 0) is 61.4 Å². The molecule has 1 aliphatic rings. The molecule has 1 fully saturated rings. The molecule has 7 heteroatoms. The van der Waals surface area contributed by atoms with E-state index >= 15 is 0 Å². The van der Waals surface area contributed by atoms with Gasteiger partial charge in [0, 0.05) is 18.7 Å². The highest BCUT2D eigenvalue weighted by atomic mass is 32.1. The van der Waals surface area contributed by atoms with Crippen molar-refractivity contribution in [1.29, 1.82) is 0 Å². The number of carbonyl (C=O) groups is 2. The van der Waals surface area contributed by atoms with Crippen LogP contribution >= 0.6 is 11.3 Å². The van der Waals surface area contributed by atoms with Gasteiger partial charge in [0.05, 0.1) is 29.3 Å². The monoisotopic (exact) mass is 485 g/mol. The summed E-state index contributed by atoms with van der Waals surface area (Å²) in [6, 6.07) is 23.4. The van der Waals surface area contributed by atoms with Gasteiger partial charge in [0.15, 0.2) is 5.13 Å². The van der Waals surface area contributed by atoms with E-state index in [-0.39, 0.29) is 18.2 Å². The SMILES string of the molecule is CCOc1ccc(N2C[C@H](C(=O)N(Cc3ccccc3)c3nc4ccc(C)cc4s3)CC2=O)cc1. The summed E-state index contributed by atoms with van der Waals surface area (Å²) < 4.78 is 6.55. The van der Waals surface area contributed by atoms with Crippen molar-refractivity contribution >= 4 is 44.2 Å². The second-order valence-corrected chi connectivity index (χ2v) is 9.72. The van der Waals surface area contributed by atoms with E-state index < -0.39 is 5.92 Å². The molecule has 0 unspecified atom stereocenters. The molecule has 1 aromatic heterocycles. The molecule has 2 amide bonds. The molecule has 0 N–H and O–H groups in total. The summed E-state index contributed by atoms with van der Waals surface area (Å²) >= 11 is 1.51. The summed E-state index contributed by atoms with van der Waals surface area (Å²) in [6.07, 6.45) is 0.182. The number of hydrogen-bond acceptors (Lipinski definition) is 5. The van der Waals surface area contributed by atoms with Crippen molar-refractivity contribution in [2.75, 3.05) is 23.0 Å². The van der Waals surface area contributed by atoms with Gasteiger partial charge in [-0.25, -0.2) is 4.98 Å². The number of benzene rings is 3. The topological polar surface area (TPSA) is 62.7 Å². The number of hydrogen-bond donors (Lipinski definition) is 0. The fourth-order valence-corrected chi connectivity index (χ4v) is 5.44. The molecule has 4 aromatic rings. The van der Waals surface area contributed by atoms with E-state index in [1.165, 1.54) is 11.3 Å². The van der Waals surface area contributed by atoms with Gasteiger partial charge in [0.1, 0.15) is 5.75 Å². The number of carbonyl (C=O) groups excluding carboxylic acids is 2. The maximum atomic E-state index is 13.8. The van der Waals surface area contributed by atoms with Crippen molar-refractivity contribution in [3.05, 3.63) is 83.9 Å². The van der Waals surface area contributed by atoms with Gasteiger partial charge in [-0.15, -0.1) is 0 Å². The molecule has 0 bridgehead atoms. The Kier molecular flexibility index (Phi) is 6.51. The van der Waals surface area contributed by atoms with E-state index in [1.54, 1.807) is 9.80 Å². The lowest BCUT2D eigenvalue weighted by Gasteiger charge is -2.23. The number of nitrogens with zero attached hydrogens (tertiary/aromatic N) is 3. The minimum atomic E-state index is -0.438. The lowest BCUT2D eigenvalue weighted by Crippen LogP contribution is -2.37. The van der Waals surface area contributed by atoms with E-state index in [4.69, 9.17) is 9.72 Å². The average molecular weight is 486 g/mol. The average Bonchev–Trinajstić information content (AvgIpc) is 3.46. The van der Waals surface area contributed by atoms with Crippen LogP contribution in [0.25, 0.3) is 10.2 Å². The Hall–Kier alpha value is -3.71. The number of amides is 2. The smallest absolute Gasteiger partial charge is 0.234 e. The lowest BCUT2D eigenvalue weighted by molar-refractivity contribution is -0.124. The van der Waals surface area contributed by atoms with E-state index in [1.807, 2.05) is 80.6 Å². The van der Waals surface area contributed by atoms with Gasteiger partial charge in [-0.2, -0.15) is 0 Å². The van der Waals surface area contributed by atoms with Crippen LogP contribution in [0.4, 0.5) is 10.8 Å². The summed E-state index contributed by atoms with van der Waals surface area (Å²) in [5.41, 5.74) is 3.82. The molecule has 6 nitrogen and oxygen atoms in total. The van der Waals surface area contributed by atoms with Crippen molar-refractivity contribution < 1.29 is 14.3 Å². The molecule has 0 radical (unpaired) electrons. The maximum absolute atomic E-state index is 13.8. The van der Waals surface area contributed by atoms with Crippen LogP contribution in [0.3, 0.4) is 0 Å². The van der Waals surface area contributed by atoms with Crippen LogP contribution in [0.15, 0.2) is 72.8 Å². The molecule has 0 spiro atoms. The maximum Gasteiger partial charge on any atom is 0.234 e. The molecular formula is C28H27N3O3S. The molecular weight excluding hydrogens is 458 g/mol. The highest BCUT2D eigenvalue weighted by Gasteiger charge is 2.38. The van der Waals surface area contributed by atoms with Crippen LogP contribution in [0.1, 0.15) is 24.5 Å². The first kappa shape index (κ1) is 23.1. The fourth-order valence-electron chi connectivity index (χ4n) is 4.37. The normalized spacial score (nSPS) is 15.5. The van der Waals surface area contributed by atoms with E-state index in [9.17, 15) is 9.59 Å². The second-order valence-electron chi connectivity index (χ2n) is 8.71. The van der Waals surface area contributed by atoms with Crippen molar-refractivity contribution in [2.45, 2.75) is 26.8 Å². The number of fused-ring (bicyclic) bond motifs is 1. The van der Waals surface area contributed by atoms with Crippen LogP contribution in [0, 0.1) is 12.8 Å². The third-order valence-electron chi connectivity index (χ3n) is 6.15. The minimum absolute atomic E-state index is 0.0490. The zero-order valence-electron chi connectivity index (χ0n) is 19.8. The van der Waals surface area contributed by atoms with Gasteiger partial charge in [-0.3, -0.25) is 14.5 Å². The number of rotatable bonds is 7. The summed E-state index contributed by atoms with van der Waals surface area (Å²) in [6.45, 7) is 5.32. The van der Waals surface area contributed by atoms with Crippen LogP contribution in [-0.2, 0) is 16.1 Å². The highest BCUT2D eigenvalue weighted by Crippen LogP contribution is 2.34. The first-order chi connectivity index (χ1) is 17.0. The Labute approximate surface area is 208 Å².